The topological polar surface area (TPSA) is 62.6 Å². The zero-order chi connectivity index (χ0) is 16.8. The average molecular weight is 318 g/mol. The zero-order valence-corrected chi connectivity index (χ0v) is 14.4. The first-order chi connectivity index (χ1) is 11.0. The molecule has 0 aliphatic carbocycles. The summed E-state index contributed by atoms with van der Waals surface area (Å²) < 4.78 is 0. The van der Waals surface area contributed by atoms with Crippen LogP contribution in [0.4, 0.5) is 5.69 Å². The molecule has 0 spiro atoms. The number of hydrogen-bond donors (Lipinski definition) is 3. The number of nitrogens with one attached hydrogen (secondary N) is 3. The maximum Gasteiger partial charge on any atom is 0.275 e. The van der Waals surface area contributed by atoms with Crippen molar-refractivity contribution in [3.63, 3.8) is 0 Å². The summed E-state index contributed by atoms with van der Waals surface area (Å²) in [6.45, 7) is 7.63. The molecule has 1 fully saturated rings. The van der Waals surface area contributed by atoms with Gasteiger partial charge in [-0.15, -0.1) is 0 Å². The Balaban J connectivity index is 1.78. The van der Waals surface area contributed by atoms with Crippen molar-refractivity contribution in [2.75, 3.05) is 25.0 Å². The summed E-state index contributed by atoms with van der Waals surface area (Å²) in [5.41, 5.74) is 2.88. The molecule has 0 bridgehead atoms. The Hall–Kier alpha value is -1.88. The molecule has 2 rings (SSSR count). The highest BCUT2D eigenvalue weighted by atomic mass is 16.2. The van der Waals surface area contributed by atoms with Crippen molar-refractivity contribution in [1.29, 1.82) is 0 Å². The molecule has 1 unspecified atom stereocenters. The second-order valence-electron chi connectivity index (χ2n) is 6.57. The number of quaternary nitrogens is 1. The monoisotopic (exact) mass is 318 g/mol. The van der Waals surface area contributed by atoms with Crippen molar-refractivity contribution in [1.82, 2.24) is 5.32 Å². The van der Waals surface area contributed by atoms with Crippen LogP contribution in [-0.4, -0.2) is 37.5 Å². The van der Waals surface area contributed by atoms with Gasteiger partial charge < -0.3 is 15.5 Å². The molecule has 5 nitrogen and oxygen atoms in total. The maximum atomic E-state index is 12.0. The van der Waals surface area contributed by atoms with Gasteiger partial charge in [-0.05, 0) is 51.2 Å². The van der Waals surface area contributed by atoms with Crippen molar-refractivity contribution in [2.45, 2.75) is 46.1 Å². The van der Waals surface area contributed by atoms with E-state index in [2.05, 4.69) is 17.6 Å². The molecule has 2 amide bonds. The predicted octanol–water partition coefficient (Wildman–Crippen LogP) is 0.815. The van der Waals surface area contributed by atoms with Crippen LogP contribution in [0.5, 0.6) is 0 Å². The molecule has 23 heavy (non-hydrogen) atoms. The molecule has 1 saturated heterocycles. The summed E-state index contributed by atoms with van der Waals surface area (Å²) in [6, 6.07) is 6.41. The summed E-state index contributed by atoms with van der Waals surface area (Å²) in [7, 11) is 0. The standard InChI is InChI=1S/C18H27N3O2/c1-13-7-6-8-14(2)18(13)20-16(22)11-19-17(23)12-21-10-5-4-9-15(21)3/h6-8,15H,4-5,9-12H2,1-3H3,(H,19,23)(H,20,22)/p+1/t15-/m0/s1. The predicted molar refractivity (Wildman–Crippen MR) is 91.6 cm³/mol. The van der Waals surface area contributed by atoms with Gasteiger partial charge in [0, 0.05) is 5.69 Å². The third-order valence-corrected chi connectivity index (χ3v) is 4.66. The minimum absolute atomic E-state index is 0.0221. The molecule has 3 N–H and O–H groups in total. The van der Waals surface area contributed by atoms with Crippen LogP contribution in [-0.2, 0) is 9.59 Å². The van der Waals surface area contributed by atoms with Gasteiger partial charge in [-0.25, -0.2) is 0 Å². The summed E-state index contributed by atoms with van der Waals surface area (Å²) in [6.07, 6.45) is 3.61. The largest absolute Gasteiger partial charge is 0.342 e. The Kier molecular flexibility index (Phi) is 6.16. The summed E-state index contributed by atoms with van der Waals surface area (Å²) >= 11 is 0. The molecule has 0 saturated carbocycles. The number of rotatable bonds is 5. The van der Waals surface area contributed by atoms with E-state index < -0.39 is 0 Å². The first-order valence-electron chi connectivity index (χ1n) is 8.44. The second-order valence-corrected chi connectivity index (χ2v) is 6.57. The molecule has 1 aromatic carbocycles. The van der Waals surface area contributed by atoms with Crippen LogP contribution in [0.25, 0.3) is 0 Å². The van der Waals surface area contributed by atoms with Crippen LogP contribution in [0, 0.1) is 13.8 Å². The van der Waals surface area contributed by atoms with Crippen LogP contribution in [0.15, 0.2) is 18.2 Å². The van der Waals surface area contributed by atoms with Crippen LogP contribution in [0.3, 0.4) is 0 Å². The number of amides is 2. The number of benzene rings is 1. The number of anilines is 1. The Bertz CT molecular complexity index is 551. The number of carbonyl (C=O) groups is 2. The Morgan fingerprint density at radius 2 is 1.87 bits per heavy atom. The lowest BCUT2D eigenvalue weighted by atomic mass is 10.0. The second kappa shape index (κ2) is 8.11. The van der Waals surface area contributed by atoms with Gasteiger partial charge >= 0.3 is 0 Å². The SMILES string of the molecule is Cc1cccc(C)c1NC(=O)CNC(=O)C[NH+]1CCCC[C@@H]1C. The van der Waals surface area contributed by atoms with Crippen molar-refractivity contribution in [3.05, 3.63) is 29.3 Å². The fraction of sp³-hybridized carbons (Fsp3) is 0.556. The van der Waals surface area contributed by atoms with E-state index in [1.807, 2.05) is 32.0 Å². The molecule has 1 heterocycles. The van der Waals surface area contributed by atoms with E-state index in [0.29, 0.717) is 12.6 Å². The third kappa shape index (κ3) is 5.06. The van der Waals surface area contributed by atoms with Crippen molar-refractivity contribution in [2.24, 2.45) is 0 Å². The van der Waals surface area contributed by atoms with E-state index in [9.17, 15) is 9.59 Å². The molecule has 1 aliphatic heterocycles. The Morgan fingerprint density at radius 3 is 2.52 bits per heavy atom. The van der Waals surface area contributed by atoms with E-state index in [1.54, 1.807) is 0 Å². The van der Waals surface area contributed by atoms with Gasteiger partial charge in [-0.2, -0.15) is 0 Å². The molecule has 2 atom stereocenters. The fourth-order valence-electron chi connectivity index (χ4n) is 3.16. The summed E-state index contributed by atoms with van der Waals surface area (Å²) in [4.78, 5) is 25.4. The Labute approximate surface area is 138 Å². The van der Waals surface area contributed by atoms with E-state index in [-0.39, 0.29) is 18.4 Å². The number of aryl methyl sites for hydroxylation is 2. The van der Waals surface area contributed by atoms with Crippen LogP contribution >= 0.6 is 0 Å². The van der Waals surface area contributed by atoms with Gasteiger partial charge in [0.15, 0.2) is 6.54 Å². The van der Waals surface area contributed by atoms with Crippen molar-refractivity contribution < 1.29 is 14.5 Å². The fourth-order valence-corrected chi connectivity index (χ4v) is 3.16. The molecule has 1 aliphatic rings. The van der Waals surface area contributed by atoms with Gasteiger partial charge in [0.2, 0.25) is 5.91 Å². The van der Waals surface area contributed by atoms with Gasteiger partial charge in [-0.1, -0.05) is 18.2 Å². The molecule has 0 radical (unpaired) electrons. The first-order valence-corrected chi connectivity index (χ1v) is 8.44. The van der Waals surface area contributed by atoms with E-state index in [0.717, 1.165) is 23.4 Å². The number of hydrogen-bond acceptors (Lipinski definition) is 2. The van der Waals surface area contributed by atoms with Gasteiger partial charge in [0.1, 0.15) is 0 Å². The lowest BCUT2D eigenvalue weighted by Crippen LogP contribution is -3.17. The minimum atomic E-state index is -0.183. The quantitative estimate of drug-likeness (QED) is 0.752. The number of carbonyl (C=O) groups excluding carboxylic acids is 2. The molecule has 5 heteroatoms. The summed E-state index contributed by atoms with van der Waals surface area (Å²) in [5.74, 6) is -0.233. The van der Waals surface area contributed by atoms with Crippen molar-refractivity contribution >= 4 is 17.5 Å². The molecular formula is C18H28N3O2+. The van der Waals surface area contributed by atoms with E-state index in [4.69, 9.17) is 0 Å². The van der Waals surface area contributed by atoms with Crippen LogP contribution in [0.2, 0.25) is 0 Å². The van der Waals surface area contributed by atoms with Crippen LogP contribution < -0.4 is 15.5 Å². The van der Waals surface area contributed by atoms with Crippen LogP contribution in [0.1, 0.15) is 37.3 Å². The van der Waals surface area contributed by atoms with Gasteiger partial charge in [0.25, 0.3) is 5.91 Å². The lowest BCUT2D eigenvalue weighted by Gasteiger charge is -2.29. The number of para-hydroxylation sites is 1. The first kappa shape index (κ1) is 17.5. The number of likely N-dealkylation sites (tertiary alicyclic amines) is 1. The maximum absolute atomic E-state index is 12.0. The average Bonchev–Trinajstić information content (AvgIpc) is 2.51. The van der Waals surface area contributed by atoms with E-state index >= 15 is 0 Å². The summed E-state index contributed by atoms with van der Waals surface area (Å²) in [5, 5.41) is 5.62. The van der Waals surface area contributed by atoms with Gasteiger partial charge in [0.05, 0.1) is 19.1 Å². The minimum Gasteiger partial charge on any atom is -0.342 e. The zero-order valence-electron chi connectivity index (χ0n) is 14.4. The Morgan fingerprint density at radius 1 is 1.17 bits per heavy atom. The lowest BCUT2D eigenvalue weighted by molar-refractivity contribution is -0.920. The normalized spacial score (nSPS) is 20.8. The highest BCUT2D eigenvalue weighted by molar-refractivity contribution is 5.95. The molecular weight excluding hydrogens is 290 g/mol. The molecule has 0 aromatic heterocycles. The third-order valence-electron chi connectivity index (χ3n) is 4.66. The molecule has 126 valence electrons. The van der Waals surface area contributed by atoms with Crippen molar-refractivity contribution in [3.8, 4) is 0 Å². The van der Waals surface area contributed by atoms with E-state index in [1.165, 1.54) is 24.2 Å². The molecule has 1 aromatic rings. The smallest absolute Gasteiger partial charge is 0.275 e. The van der Waals surface area contributed by atoms with Gasteiger partial charge in [-0.3, -0.25) is 9.59 Å². The number of piperidine rings is 1. The highest BCUT2D eigenvalue weighted by Gasteiger charge is 2.24. The highest BCUT2D eigenvalue weighted by Crippen LogP contribution is 2.18.